The van der Waals surface area contributed by atoms with Gasteiger partial charge >= 0.3 is 5.51 Å². The summed E-state index contributed by atoms with van der Waals surface area (Å²) < 4.78 is 46.0. The second-order valence-electron chi connectivity index (χ2n) is 3.32. The van der Waals surface area contributed by atoms with Crippen molar-refractivity contribution in [3.05, 3.63) is 23.8 Å². The van der Waals surface area contributed by atoms with Crippen molar-refractivity contribution in [2.75, 3.05) is 19.5 Å². The van der Waals surface area contributed by atoms with Crippen LogP contribution in [0.5, 0.6) is 11.5 Å². The first-order valence-corrected chi connectivity index (χ1v) is 6.15. The Balaban J connectivity index is 2.54. The molecule has 0 unspecified atom stereocenters. The van der Waals surface area contributed by atoms with E-state index < -0.39 is 5.51 Å². The molecule has 1 aromatic carbocycles. The second-order valence-corrected chi connectivity index (χ2v) is 4.48. The topological polar surface area (TPSA) is 44.5 Å². The number of halogens is 3. The third-order valence-corrected chi connectivity index (χ3v) is 2.80. The summed E-state index contributed by atoms with van der Waals surface area (Å²) in [6.07, 6.45) is 0. The van der Waals surface area contributed by atoms with Crippen molar-refractivity contribution in [2.24, 2.45) is 5.73 Å². The number of ether oxygens (including phenoxy) is 2. The van der Waals surface area contributed by atoms with Crippen LogP contribution in [0.15, 0.2) is 18.2 Å². The van der Waals surface area contributed by atoms with Crippen molar-refractivity contribution in [1.82, 2.24) is 0 Å². The van der Waals surface area contributed by atoms with Crippen molar-refractivity contribution < 1.29 is 22.6 Å². The van der Waals surface area contributed by atoms with Gasteiger partial charge in [0.25, 0.3) is 0 Å². The molecule has 102 valence electrons. The fourth-order valence-electron chi connectivity index (χ4n) is 1.27. The standard InChI is InChI=1S/C11H14F3NO2S/c1-16-9-3-2-8(7-15)10(6-9)17-4-5-18-11(12,13)14/h2-3,6H,4-5,7,15H2,1H3. The van der Waals surface area contributed by atoms with Crippen LogP contribution in [0.1, 0.15) is 5.56 Å². The summed E-state index contributed by atoms with van der Waals surface area (Å²) in [6.45, 7) is 0.218. The van der Waals surface area contributed by atoms with Gasteiger partial charge in [0.15, 0.2) is 0 Å². The number of thioether (sulfide) groups is 1. The Morgan fingerprint density at radius 1 is 1.33 bits per heavy atom. The quantitative estimate of drug-likeness (QED) is 0.814. The molecule has 0 aliphatic heterocycles. The monoisotopic (exact) mass is 281 g/mol. The molecule has 2 N–H and O–H groups in total. The highest BCUT2D eigenvalue weighted by molar-refractivity contribution is 8.00. The first-order valence-electron chi connectivity index (χ1n) is 5.16. The molecule has 0 amide bonds. The van der Waals surface area contributed by atoms with E-state index in [9.17, 15) is 13.2 Å². The highest BCUT2D eigenvalue weighted by Gasteiger charge is 2.27. The number of alkyl halides is 3. The van der Waals surface area contributed by atoms with Gasteiger partial charge in [-0.1, -0.05) is 6.07 Å². The van der Waals surface area contributed by atoms with Crippen molar-refractivity contribution in [1.29, 1.82) is 0 Å². The van der Waals surface area contributed by atoms with Gasteiger partial charge in [-0.25, -0.2) is 0 Å². The van der Waals surface area contributed by atoms with Crippen LogP contribution < -0.4 is 15.2 Å². The molecule has 7 heteroatoms. The zero-order chi connectivity index (χ0) is 13.6. The number of methoxy groups -OCH3 is 1. The minimum Gasteiger partial charge on any atom is -0.497 e. The Morgan fingerprint density at radius 3 is 2.61 bits per heavy atom. The molecule has 0 atom stereocenters. The summed E-state index contributed by atoms with van der Waals surface area (Å²) in [4.78, 5) is 0. The maximum absolute atomic E-state index is 11.9. The van der Waals surface area contributed by atoms with Gasteiger partial charge in [-0.2, -0.15) is 13.2 Å². The van der Waals surface area contributed by atoms with Crippen molar-refractivity contribution in [2.45, 2.75) is 12.1 Å². The number of rotatable bonds is 6. The molecule has 1 rings (SSSR count). The van der Waals surface area contributed by atoms with E-state index in [1.165, 1.54) is 7.11 Å². The SMILES string of the molecule is COc1ccc(CN)c(OCCSC(F)(F)F)c1. The lowest BCUT2D eigenvalue weighted by Crippen LogP contribution is -2.09. The average Bonchev–Trinajstić information content (AvgIpc) is 2.33. The Bertz CT molecular complexity index is 385. The summed E-state index contributed by atoms with van der Waals surface area (Å²) in [5.41, 5.74) is 2.01. The number of hydrogen-bond acceptors (Lipinski definition) is 4. The Hall–Kier alpha value is -1.08. The molecular weight excluding hydrogens is 267 g/mol. The fourth-order valence-corrected chi connectivity index (χ4v) is 1.67. The Labute approximate surface area is 107 Å². The zero-order valence-electron chi connectivity index (χ0n) is 9.79. The molecule has 0 heterocycles. The largest absolute Gasteiger partial charge is 0.497 e. The predicted molar refractivity (Wildman–Crippen MR) is 64.9 cm³/mol. The normalized spacial score (nSPS) is 11.4. The molecule has 18 heavy (non-hydrogen) atoms. The Morgan fingerprint density at radius 2 is 2.06 bits per heavy atom. The first kappa shape index (κ1) is 15.0. The minimum atomic E-state index is -4.23. The van der Waals surface area contributed by atoms with E-state index in [0.717, 1.165) is 5.56 Å². The molecule has 0 aromatic heterocycles. The molecule has 0 aliphatic carbocycles. The molecule has 0 saturated carbocycles. The molecule has 1 aromatic rings. The van der Waals surface area contributed by atoms with Gasteiger partial charge in [-0.3, -0.25) is 0 Å². The van der Waals surface area contributed by atoms with E-state index in [1.54, 1.807) is 18.2 Å². The summed E-state index contributed by atoms with van der Waals surface area (Å²) in [6, 6.07) is 5.06. The number of hydrogen-bond donors (Lipinski definition) is 1. The number of benzene rings is 1. The second kappa shape index (κ2) is 6.75. The molecule has 0 aliphatic rings. The molecule has 3 nitrogen and oxygen atoms in total. The molecule has 0 saturated heterocycles. The molecule has 0 spiro atoms. The van der Waals surface area contributed by atoms with Crippen LogP contribution >= 0.6 is 11.8 Å². The smallest absolute Gasteiger partial charge is 0.441 e. The maximum Gasteiger partial charge on any atom is 0.441 e. The molecular formula is C11H14F3NO2S. The van der Waals surface area contributed by atoms with Crippen molar-refractivity contribution in [3.8, 4) is 11.5 Å². The van der Waals surface area contributed by atoms with Crippen LogP contribution in [0.25, 0.3) is 0 Å². The van der Waals surface area contributed by atoms with Crippen LogP contribution in [-0.4, -0.2) is 25.0 Å². The highest BCUT2D eigenvalue weighted by Crippen LogP contribution is 2.30. The third-order valence-electron chi connectivity index (χ3n) is 2.10. The number of nitrogens with two attached hydrogens (primary N) is 1. The first-order chi connectivity index (χ1) is 8.46. The van der Waals surface area contributed by atoms with E-state index in [4.69, 9.17) is 15.2 Å². The summed E-state index contributed by atoms with van der Waals surface area (Å²) in [7, 11) is 1.50. The van der Waals surface area contributed by atoms with Crippen molar-refractivity contribution in [3.63, 3.8) is 0 Å². The highest BCUT2D eigenvalue weighted by atomic mass is 32.2. The Kier molecular flexibility index (Phi) is 5.61. The maximum atomic E-state index is 11.9. The van der Waals surface area contributed by atoms with Gasteiger partial charge in [0.05, 0.1) is 13.7 Å². The van der Waals surface area contributed by atoms with Crippen LogP contribution in [0.3, 0.4) is 0 Å². The minimum absolute atomic E-state index is 0.0374. The summed E-state index contributed by atoms with van der Waals surface area (Å²) >= 11 is -0.111. The molecule has 0 bridgehead atoms. The zero-order valence-corrected chi connectivity index (χ0v) is 10.6. The van der Waals surface area contributed by atoms with E-state index in [0.29, 0.717) is 11.5 Å². The molecule has 0 radical (unpaired) electrons. The van der Waals surface area contributed by atoms with Crippen LogP contribution in [0.4, 0.5) is 13.2 Å². The van der Waals surface area contributed by atoms with Gasteiger partial charge < -0.3 is 15.2 Å². The lowest BCUT2D eigenvalue weighted by Gasteiger charge is -2.12. The van der Waals surface area contributed by atoms with Crippen molar-refractivity contribution >= 4 is 11.8 Å². The van der Waals surface area contributed by atoms with Crippen LogP contribution in [0.2, 0.25) is 0 Å². The summed E-state index contributed by atoms with van der Waals surface area (Å²) in [5.74, 6) is 0.871. The third kappa shape index (κ3) is 5.05. The van der Waals surface area contributed by atoms with Gasteiger partial charge in [0.1, 0.15) is 11.5 Å². The predicted octanol–water partition coefficient (Wildman–Crippen LogP) is 2.79. The van der Waals surface area contributed by atoms with E-state index in [1.807, 2.05) is 0 Å². The lowest BCUT2D eigenvalue weighted by atomic mass is 10.2. The van der Waals surface area contributed by atoms with Crippen LogP contribution in [0, 0.1) is 0 Å². The summed E-state index contributed by atoms with van der Waals surface area (Å²) in [5, 5.41) is 0. The average molecular weight is 281 g/mol. The van der Waals surface area contributed by atoms with Gasteiger partial charge in [-0.05, 0) is 17.8 Å². The molecule has 0 fully saturated rings. The van der Waals surface area contributed by atoms with Gasteiger partial charge in [-0.15, -0.1) is 0 Å². The lowest BCUT2D eigenvalue weighted by molar-refractivity contribution is -0.0329. The van der Waals surface area contributed by atoms with E-state index >= 15 is 0 Å². The van der Waals surface area contributed by atoms with Gasteiger partial charge in [0.2, 0.25) is 0 Å². The van der Waals surface area contributed by atoms with Crippen LogP contribution in [-0.2, 0) is 6.54 Å². The van der Waals surface area contributed by atoms with E-state index in [2.05, 4.69) is 0 Å². The van der Waals surface area contributed by atoms with Gasteiger partial charge in [0, 0.05) is 23.9 Å². The fraction of sp³-hybridized carbons (Fsp3) is 0.455. The van der Waals surface area contributed by atoms with E-state index in [-0.39, 0.29) is 30.7 Å².